The quantitative estimate of drug-likeness (QED) is 0.758. The van der Waals surface area contributed by atoms with Crippen molar-refractivity contribution in [2.45, 2.75) is 20.4 Å². The molecule has 0 spiro atoms. The Kier molecular flexibility index (Phi) is 3.71. The summed E-state index contributed by atoms with van der Waals surface area (Å²) < 4.78 is 5.01. The molecule has 0 fully saturated rings. The molecule has 1 aromatic heterocycles. The van der Waals surface area contributed by atoms with Gasteiger partial charge in [-0.2, -0.15) is 0 Å². The summed E-state index contributed by atoms with van der Waals surface area (Å²) in [6, 6.07) is 1.29. The van der Waals surface area contributed by atoms with Gasteiger partial charge in [-0.3, -0.25) is 4.79 Å². The SMILES string of the molecule is CC(C)CNCc1cc(=O)c(O)co1. The summed E-state index contributed by atoms with van der Waals surface area (Å²) in [6.07, 6.45) is 1.06. The normalized spacial score (nSPS) is 10.8. The third-order valence-corrected chi connectivity index (χ3v) is 1.72. The Morgan fingerprint density at radius 3 is 2.86 bits per heavy atom. The van der Waals surface area contributed by atoms with Gasteiger partial charge in [0.25, 0.3) is 0 Å². The minimum atomic E-state index is -0.405. The van der Waals surface area contributed by atoms with Crippen molar-refractivity contribution in [2.75, 3.05) is 6.54 Å². The number of rotatable bonds is 4. The topological polar surface area (TPSA) is 62.5 Å². The zero-order chi connectivity index (χ0) is 10.6. The monoisotopic (exact) mass is 197 g/mol. The van der Waals surface area contributed by atoms with Gasteiger partial charge in [-0.05, 0) is 12.5 Å². The van der Waals surface area contributed by atoms with Crippen molar-refractivity contribution < 1.29 is 9.52 Å². The molecule has 1 heterocycles. The van der Waals surface area contributed by atoms with E-state index in [1.54, 1.807) is 0 Å². The highest BCUT2D eigenvalue weighted by atomic mass is 16.4. The van der Waals surface area contributed by atoms with Crippen LogP contribution in [0.25, 0.3) is 0 Å². The number of hydrogen-bond donors (Lipinski definition) is 2. The van der Waals surface area contributed by atoms with Gasteiger partial charge in [0.1, 0.15) is 12.0 Å². The van der Waals surface area contributed by atoms with Crippen molar-refractivity contribution in [3.05, 3.63) is 28.3 Å². The summed E-state index contributed by atoms with van der Waals surface area (Å²) in [5, 5.41) is 12.1. The van der Waals surface area contributed by atoms with E-state index in [1.807, 2.05) is 0 Å². The molecule has 0 aliphatic carbocycles. The Labute approximate surface area is 82.6 Å². The van der Waals surface area contributed by atoms with Gasteiger partial charge in [-0.1, -0.05) is 13.8 Å². The van der Waals surface area contributed by atoms with Crippen molar-refractivity contribution in [1.82, 2.24) is 5.32 Å². The van der Waals surface area contributed by atoms with E-state index in [4.69, 9.17) is 9.52 Å². The molecule has 78 valence electrons. The first kappa shape index (κ1) is 10.8. The van der Waals surface area contributed by atoms with E-state index in [0.29, 0.717) is 18.2 Å². The fourth-order valence-corrected chi connectivity index (χ4v) is 1.02. The molecule has 4 heteroatoms. The largest absolute Gasteiger partial charge is 0.502 e. The minimum absolute atomic E-state index is 0.349. The van der Waals surface area contributed by atoms with E-state index in [1.165, 1.54) is 6.07 Å². The second-order valence-electron chi connectivity index (χ2n) is 3.62. The molecule has 2 N–H and O–H groups in total. The minimum Gasteiger partial charge on any atom is -0.502 e. The molecule has 0 aliphatic rings. The van der Waals surface area contributed by atoms with Crippen LogP contribution in [0.5, 0.6) is 5.75 Å². The first-order valence-corrected chi connectivity index (χ1v) is 4.61. The van der Waals surface area contributed by atoms with Crippen LogP contribution < -0.4 is 10.7 Å². The zero-order valence-corrected chi connectivity index (χ0v) is 8.41. The molecular weight excluding hydrogens is 182 g/mol. The highest BCUT2D eigenvalue weighted by Crippen LogP contribution is 2.02. The Morgan fingerprint density at radius 1 is 1.57 bits per heavy atom. The number of nitrogens with one attached hydrogen (secondary N) is 1. The molecule has 0 aliphatic heterocycles. The Hall–Kier alpha value is -1.29. The molecule has 0 saturated carbocycles. The third kappa shape index (κ3) is 3.22. The summed E-state index contributed by atoms with van der Waals surface area (Å²) in [5.74, 6) is 0.741. The lowest BCUT2D eigenvalue weighted by Gasteiger charge is -2.05. The molecule has 0 atom stereocenters. The Bertz CT molecular complexity index is 343. The lowest BCUT2D eigenvalue weighted by atomic mass is 10.2. The second-order valence-corrected chi connectivity index (χ2v) is 3.62. The highest BCUT2D eigenvalue weighted by Gasteiger charge is 2.01. The fraction of sp³-hybridized carbons (Fsp3) is 0.500. The van der Waals surface area contributed by atoms with Crippen LogP contribution in [0.4, 0.5) is 0 Å². The van der Waals surface area contributed by atoms with E-state index in [0.717, 1.165) is 12.8 Å². The van der Waals surface area contributed by atoms with E-state index in [2.05, 4.69) is 19.2 Å². The van der Waals surface area contributed by atoms with Gasteiger partial charge in [-0.15, -0.1) is 0 Å². The average Bonchev–Trinajstić information content (AvgIpc) is 2.10. The van der Waals surface area contributed by atoms with E-state index in [9.17, 15) is 4.79 Å². The van der Waals surface area contributed by atoms with Crippen LogP contribution in [0, 0.1) is 5.92 Å². The first-order chi connectivity index (χ1) is 6.59. The molecule has 0 bridgehead atoms. The van der Waals surface area contributed by atoms with Gasteiger partial charge in [-0.25, -0.2) is 0 Å². The molecule has 0 aromatic carbocycles. The summed E-state index contributed by atoms with van der Waals surface area (Å²) in [6.45, 7) is 5.57. The molecule has 0 unspecified atom stereocenters. The summed E-state index contributed by atoms with van der Waals surface area (Å²) in [4.78, 5) is 11.0. The maximum atomic E-state index is 11.0. The van der Waals surface area contributed by atoms with E-state index < -0.39 is 5.43 Å². The van der Waals surface area contributed by atoms with Crippen LogP contribution in [-0.2, 0) is 6.54 Å². The molecule has 1 aromatic rings. The van der Waals surface area contributed by atoms with Crippen molar-refractivity contribution in [2.24, 2.45) is 5.92 Å². The van der Waals surface area contributed by atoms with Crippen LogP contribution >= 0.6 is 0 Å². The summed E-state index contributed by atoms with van der Waals surface area (Å²) in [5.41, 5.74) is -0.405. The lowest BCUT2D eigenvalue weighted by Crippen LogP contribution is -2.19. The lowest BCUT2D eigenvalue weighted by molar-refractivity contribution is 0.402. The van der Waals surface area contributed by atoms with Crippen molar-refractivity contribution >= 4 is 0 Å². The summed E-state index contributed by atoms with van der Waals surface area (Å²) >= 11 is 0. The highest BCUT2D eigenvalue weighted by molar-refractivity contribution is 5.15. The van der Waals surface area contributed by atoms with Crippen molar-refractivity contribution in [3.8, 4) is 5.75 Å². The molecule has 4 nitrogen and oxygen atoms in total. The fourth-order valence-electron chi connectivity index (χ4n) is 1.02. The molecule has 0 radical (unpaired) electrons. The van der Waals surface area contributed by atoms with E-state index >= 15 is 0 Å². The predicted molar refractivity (Wildman–Crippen MR) is 53.2 cm³/mol. The smallest absolute Gasteiger partial charge is 0.226 e. The van der Waals surface area contributed by atoms with Gasteiger partial charge in [0.15, 0.2) is 5.75 Å². The van der Waals surface area contributed by atoms with Gasteiger partial charge in [0.2, 0.25) is 5.43 Å². The summed E-state index contributed by atoms with van der Waals surface area (Å²) in [7, 11) is 0. The first-order valence-electron chi connectivity index (χ1n) is 4.61. The van der Waals surface area contributed by atoms with Gasteiger partial charge in [0, 0.05) is 6.07 Å². The zero-order valence-electron chi connectivity index (χ0n) is 8.41. The average molecular weight is 197 g/mol. The number of aromatic hydroxyl groups is 1. The Morgan fingerprint density at radius 2 is 2.29 bits per heavy atom. The van der Waals surface area contributed by atoms with Gasteiger partial charge < -0.3 is 14.8 Å². The van der Waals surface area contributed by atoms with Crippen LogP contribution in [0.15, 0.2) is 21.5 Å². The van der Waals surface area contributed by atoms with Gasteiger partial charge in [0.05, 0.1) is 6.54 Å². The van der Waals surface area contributed by atoms with Crippen molar-refractivity contribution in [1.29, 1.82) is 0 Å². The molecule has 1 rings (SSSR count). The third-order valence-electron chi connectivity index (χ3n) is 1.72. The van der Waals surface area contributed by atoms with Crippen LogP contribution in [0.1, 0.15) is 19.6 Å². The predicted octanol–water partition coefficient (Wildman–Crippen LogP) is 1.09. The second kappa shape index (κ2) is 4.81. The van der Waals surface area contributed by atoms with E-state index in [-0.39, 0.29) is 5.75 Å². The molecule has 0 saturated heterocycles. The van der Waals surface area contributed by atoms with Crippen LogP contribution in [-0.4, -0.2) is 11.7 Å². The van der Waals surface area contributed by atoms with Crippen LogP contribution in [0.2, 0.25) is 0 Å². The number of hydrogen-bond acceptors (Lipinski definition) is 4. The molecule has 14 heavy (non-hydrogen) atoms. The van der Waals surface area contributed by atoms with Crippen LogP contribution in [0.3, 0.4) is 0 Å². The van der Waals surface area contributed by atoms with Crippen molar-refractivity contribution in [3.63, 3.8) is 0 Å². The molecular formula is C10H15NO3. The Balaban J connectivity index is 2.52. The maximum Gasteiger partial charge on any atom is 0.226 e. The van der Waals surface area contributed by atoms with Gasteiger partial charge >= 0.3 is 0 Å². The standard InChI is InChI=1S/C10H15NO3/c1-7(2)4-11-5-8-3-9(12)10(13)6-14-8/h3,6-7,11,13H,4-5H2,1-2H3. The maximum absolute atomic E-state index is 11.0. The molecule has 0 amide bonds.